The van der Waals surface area contributed by atoms with Gasteiger partial charge in [-0.05, 0) is 55.4 Å². The number of hydrogen-bond donors (Lipinski definition) is 2. The van der Waals surface area contributed by atoms with Gasteiger partial charge in [-0.2, -0.15) is 0 Å². The molecule has 140 valence electrons. The molecule has 0 spiro atoms. The minimum Gasteiger partial charge on any atom is -1.00 e. The summed E-state index contributed by atoms with van der Waals surface area (Å²) in [4.78, 5) is 12.5. The lowest BCUT2D eigenvalue weighted by molar-refractivity contribution is -0.693. The Hall–Kier alpha value is -1.68. The fraction of sp³-hybridized carbons (Fsp3) is 0.409. The van der Waals surface area contributed by atoms with Crippen LogP contribution in [0.5, 0.6) is 0 Å². The lowest BCUT2D eigenvalue weighted by atomic mass is 9.89. The highest BCUT2D eigenvalue weighted by Gasteiger charge is 2.19. The Labute approximate surface area is 162 Å². The molecule has 0 amide bonds. The molecule has 0 saturated heterocycles. The van der Waals surface area contributed by atoms with Crippen LogP contribution in [0.2, 0.25) is 0 Å². The van der Waals surface area contributed by atoms with E-state index in [-0.39, 0.29) is 24.2 Å². The first-order chi connectivity index (χ1) is 12.1. The zero-order valence-corrected chi connectivity index (χ0v) is 16.1. The van der Waals surface area contributed by atoms with Crippen molar-refractivity contribution in [3.63, 3.8) is 0 Å². The highest BCUT2D eigenvalue weighted by molar-refractivity contribution is 5.96. The maximum atomic E-state index is 12.5. The summed E-state index contributed by atoms with van der Waals surface area (Å²) in [5, 5.41) is 12.5. The molecule has 1 aliphatic carbocycles. The molecule has 3 N–H and O–H groups in total. The number of aliphatic hydroxyl groups is 1. The Morgan fingerprint density at radius 2 is 1.77 bits per heavy atom. The molecule has 26 heavy (non-hydrogen) atoms. The third kappa shape index (κ3) is 5.16. The lowest BCUT2D eigenvalue weighted by Gasteiger charge is -2.18. The summed E-state index contributed by atoms with van der Waals surface area (Å²) in [7, 11) is 0. The quantitative estimate of drug-likeness (QED) is 0.662. The Balaban J connectivity index is 0.00000243. The van der Waals surface area contributed by atoms with Crippen LogP contribution in [-0.4, -0.2) is 23.5 Å². The van der Waals surface area contributed by atoms with Crippen molar-refractivity contribution in [3.8, 4) is 0 Å². The predicted molar refractivity (Wildman–Crippen MR) is 99.7 cm³/mol. The number of halogens is 1. The van der Waals surface area contributed by atoms with E-state index in [2.05, 4.69) is 17.4 Å². The van der Waals surface area contributed by atoms with Gasteiger partial charge in [-0.25, -0.2) is 0 Å². The van der Waals surface area contributed by atoms with E-state index in [9.17, 15) is 9.90 Å². The molecule has 2 unspecified atom stereocenters. The number of fused-ring (bicyclic) bond motifs is 1. The fourth-order valence-corrected chi connectivity index (χ4v) is 3.61. The number of aryl methyl sites for hydroxylation is 2. The van der Waals surface area contributed by atoms with Crippen molar-refractivity contribution < 1.29 is 27.6 Å². The molecule has 1 aliphatic rings. The number of Topliss-reactive ketones (excluding diaryl/α,β-unsaturated/α-hetero) is 1. The van der Waals surface area contributed by atoms with E-state index in [1.165, 1.54) is 24.0 Å². The van der Waals surface area contributed by atoms with Gasteiger partial charge in [-0.1, -0.05) is 42.5 Å². The monoisotopic (exact) mass is 373 g/mol. The van der Waals surface area contributed by atoms with Crippen LogP contribution >= 0.6 is 0 Å². The zero-order valence-electron chi connectivity index (χ0n) is 15.3. The van der Waals surface area contributed by atoms with Gasteiger partial charge >= 0.3 is 0 Å². The van der Waals surface area contributed by atoms with E-state index in [1.54, 1.807) is 0 Å². The summed E-state index contributed by atoms with van der Waals surface area (Å²) in [5.74, 6) is 0.200. The van der Waals surface area contributed by atoms with Crippen molar-refractivity contribution in [2.45, 2.75) is 51.2 Å². The molecule has 2 aromatic carbocycles. The molecule has 0 fully saturated rings. The number of rotatable bonds is 7. The Morgan fingerprint density at radius 1 is 1.08 bits per heavy atom. The Kier molecular flexibility index (Phi) is 7.83. The van der Waals surface area contributed by atoms with Crippen molar-refractivity contribution in [2.75, 3.05) is 6.54 Å². The Morgan fingerprint density at radius 3 is 2.50 bits per heavy atom. The standard InChI is InChI=1S/C22H27NO2.ClH/c1-16(22(25)18-8-3-2-4-9-18)23-14-13-21(24)20-12-11-17-7-5-6-10-19(17)15-20;/h2-4,8-9,11-12,15-16,22-23,25H,5-7,10,13-14H2,1H3;1H. The minimum atomic E-state index is -0.514. The van der Waals surface area contributed by atoms with Crippen LogP contribution in [0.15, 0.2) is 48.5 Å². The number of quaternary nitrogens is 1. The predicted octanol–water partition coefficient (Wildman–Crippen LogP) is -0.172. The molecule has 0 bridgehead atoms. The van der Waals surface area contributed by atoms with Crippen LogP contribution in [0.1, 0.15) is 59.3 Å². The van der Waals surface area contributed by atoms with E-state index in [0.29, 0.717) is 13.0 Å². The van der Waals surface area contributed by atoms with Gasteiger partial charge in [0.25, 0.3) is 0 Å². The fourth-order valence-electron chi connectivity index (χ4n) is 3.61. The molecule has 0 radical (unpaired) electrons. The largest absolute Gasteiger partial charge is 1.00 e. The van der Waals surface area contributed by atoms with Crippen molar-refractivity contribution in [1.82, 2.24) is 0 Å². The number of benzene rings is 2. The van der Waals surface area contributed by atoms with Crippen LogP contribution < -0.4 is 17.7 Å². The molecule has 2 aromatic rings. The number of ketones is 1. The number of carbonyl (C=O) groups is 1. The normalized spacial score (nSPS) is 15.5. The average molecular weight is 374 g/mol. The summed E-state index contributed by atoms with van der Waals surface area (Å²) in [6, 6.07) is 15.9. The SMILES string of the molecule is CC([NH2+]CCC(=O)c1ccc2c(c1)CCCC2)C(O)c1ccccc1.[Cl-]. The van der Waals surface area contributed by atoms with Gasteiger partial charge in [-0.3, -0.25) is 4.79 Å². The molecule has 0 heterocycles. The Bertz CT molecular complexity index is 717. The van der Waals surface area contributed by atoms with Gasteiger partial charge in [0.05, 0.1) is 13.0 Å². The van der Waals surface area contributed by atoms with Gasteiger partial charge in [0, 0.05) is 5.56 Å². The van der Waals surface area contributed by atoms with Crippen LogP contribution in [0, 0.1) is 0 Å². The molecule has 0 saturated carbocycles. The molecule has 3 rings (SSSR count). The summed E-state index contributed by atoms with van der Waals surface area (Å²) in [6.45, 7) is 2.70. The summed E-state index contributed by atoms with van der Waals surface area (Å²) >= 11 is 0. The first kappa shape index (κ1) is 20.6. The zero-order chi connectivity index (χ0) is 17.6. The summed E-state index contributed by atoms with van der Waals surface area (Å²) < 4.78 is 0. The maximum absolute atomic E-state index is 12.5. The van der Waals surface area contributed by atoms with Gasteiger partial charge in [0.2, 0.25) is 0 Å². The first-order valence-corrected chi connectivity index (χ1v) is 9.36. The third-order valence-corrected chi connectivity index (χ3v) is 5.22. The molecule has 3 nitrogen and oxygen atoms in total. The van der Waals surface area contributed by atoms with Crippen molar-refractivity contribution in [1.29, 1.82) is 0 Å². The summed E-state index contributed by atoms with van der Waals surface area (Å²) in [6.07, 6.45) is 4.73. The minimum absolute atomic E-state index is 0. The average Bonchev–Trinajstić information content (AvgIpc) is 2.67. The second-order valence-corrected chi connectivity index (χ2v) is 7.10. The van der Waals surface area contributed by atoms with Crippen LogP contribution in [-0.2, 0) is 12.8 Å². The highest BCUT2D eigenvalue weighted by atomic mass is 35.5. The number of hydrogen-bond acceptors (Lipinski definition) is 2. The second-order valence-electron chi connectivity index (χ2n) is 7.10. The molecule has 0 aliphatic heterocycles. The third-order valence-electron chi connectivity index (χ3n) is 5.22. The van der Waals surface area contributed by atoms with Crippen LogP contribution in [0.4, 0.5) is 0 Å². The van der Waals surface area contributed by atoms with Crippen molar-refractivity contribution in [3.05, 3.63) is 70.8 Å². The molecular formula is C22H28ClNO2. The van der Waals surface area contributed by atoms with Gasteiger partial charge in [0.15, 0.2) is 5.78 Å². The van der Waals surface area contributed by atoms with Crippen molar-refractivity contribution in [2.24, 2.45) is 0 Å². The number of carbonyl (C=O) groups excluding carboxylic acids is 1. The van der Waals surface area contributed by atoms with E-state index in [1.807, 2.05) is 43.3 Å². The summed E-state index contributed by atoms with van der Waals surface area (Å²) in [5.41, 5.74) is 4.53. The van der Waals surface area contributed by atoms with Crippen LogP contribution in [0.25, 0.3) is 0 Å². The van der Waals surface area contributed by atoms with Gasteiger partial charge in [0.1, 0.15) is 12.1 Å². The first-order valence-electron chi connectivity index (χ1n) is 9.36. The van der Waals surface area contributed by atoms with Crippen LogP contribution in [0.3, 0.4) is 0 Å². The van der Waals surface area contributed by atoms with Crippen molar-refractivity contribution >= 4 is 5.78 Å². The topological polar surface area (TPSA) is 53.9 Å². The van der Waals surface area contributed by atoms with Gasteiger partial charge in [-0.15, -0.1) is 0 Å². The molecule has 2 atom stereocenters. The maximum Gasteiger partial charge on any atom is 0.168 e. The highest BCUT2D eigenvalue weighted by Crippen LogP contribution is 2.22. The van der Waals surface area contributed by atoms with E-state index >= 15 is 0 Å². The molecular weight excluding hydrogens is 346 g/mol. The van der Waals surface area contributed by atoms with Gasteiger partial charge < -0.3 is 22.8 Å². The van der Waals surface area contributed by atoms with E-state index in [4.69, 9.17) is 0 Å². The number of nitrogens with two attached hydrogens (primary N) is 1. The second kappa shape index (κ2) is 9.86. The molecule has 4 heteroatoms. The van der Waals surface area contributed by atoms with E-state index in [0.717, 1.165) is 24.0 Å². The van der Waals surface area contributed by atoms with E-state index < -0.39 is 6.10 Å². The number of aliphatic hydroxyl groups excluding tert-OH is 1. The smallest absolute Gasteiger partial charge is 0.168 e. The lowest BCUT2D eigenvalue weighted by Crippen LogP contribution is -3.00. The molecule has 0 aromatic heterocycles.